The molecular weight excluding hydrogens is 282 g/mol. The van der Waals surface area contributed by atoms with Crippen LogP contribution in [-0.4, -0.2) is 36.2 Å². The molecule has 3 aromatic rings. The molecule has 0 aliphatic carbocycles. The van der Waals surface area contributed by atoms with Crippen LogP contribution in [0, 0.1) is 6.92 Å². The molecular formula is C11H9N5O3S. The third kappa shape index (κ3) is 2.18. The van der Waals surface area contributed by atoms with Gasteiger partial charge in [0, 0.05) is 0 Å². The van der Waals surface area contributed by atoms with Gasteiger partial charge >= 0.3 is 5.97 Å². The Morgan fingerprint density at radius 2 is 2.40 bits per heavy atom. The predicted molar refractivity (Wildman–Crippen MR) is 68.4 cm³/mol. The highest BCUT2D eigenvalue weighted by atomic mass is 32.1. The lowest BCUT2D eigenvalue weighted by Gasteiger charge is -2.02. The third-order valence-corrected chi connectivity index (χ3v) is 3.42. The Labute approximate surface area is 116 Å². The SMILES string of the molecule is Cc1noc(Cn2nnc(C(=O)O)c2-c2cccs2)n1. The maximum atomic E-state index is 11.2. The van der Waals surface area contributed by atoms with Gasteiger partial charge in [-0.2, -0.15) is 4.98 Å². The number of rotatable bonds is 4. The molecule has 20 heavy (non-hydrogen) atoms. The summed E-state index contributed by atoms with van der Waals surface area (Å²) in [4.78, 5) is 16.1. The van der Waals surface area contributed by atoms with Crippen molar-refractivity contribution >= 4 is 17.3 Å². The summed E-state index contributed by atoms with van der Waals surface area (Å²) in [5, 5.41) is 22.3. The quantitative estimate of drug-likeness (QED) is 0.775. The molecule has 0 aromatic carbocycles. The highest BCUT2D eigenvalue weighted by Crippen LogP contribution is 2.27. The summed E-state index contributed by atoms with van der Waals surface area (Å²) in [6.45, 7) is 1.88. The van der Waals surface area contributed by atoms with Gasteiger partial charge in [0.25, 0.3) is 0 Å². The largest absolute Gasteiger partial charge is 0.476 e. The normalized spacial score (nSPS) is 10.8. The number of carboxylic acids is 1. The first-order chi connectivity index (χ1) is 9.65. The average Bonchev–Trinajstić information content (AvgIpc) is 3.10. The molecule has 0 aliphatic rings. The zero-order valence-corrected chi connectivity index (χ0v) is 11.2. The second-order valence-corrected chi connectivity index (χ2v) is 4.91. The van der Waals surface area contributed by atoms with Crippen LogP contribution in [0.5, 0.6) is 0 Å². The first-order valence-electron chi connectivity index (χ1n) is 5.65. The van der Waals surface area contributed by atoms with Crippen LogP contribution in [0.15, 0.2) is 22.0 Å². The van der Waals surface area contributed by atoms with E-state index in [1.54, 1.807) is 6.92 Å². The highest BCUT2D eigenvalue weighted by Gasteiger charge is 2.22. The van der Waals surface area contributed by atoms with Crippen molar-refractivity contribution in [2.45, 2.75) is 13.5 Å². The van der Waals surface area contributed by atoms with Gasteiger partial charge in [0.2, 0.25) is 5.89 Å². The van der Waals surface area contributed by atoms with Gasteiger partial charge in [0.15, 0.2) is 11.5 Å². The molecule has 0 atom stereocenters. The Kier molecular flexibility index (Phi) is 3.03. The van der Waals surface area contributed by atoms with Gasteiger partial charge < -0.3 is 9.63 Å². The van der Waals surface area contributed by atoms with Crippen molar-refractivity contribution in [2.75, 3.05) is 0 Å². The van der Waals surface area contributed by atoms with Gasteiger partial charge in [-0.25, -0.2) is 9.48 Å². The van der Waals surface area contributed by atoms with E-state index in [1.807, 2.05) is 17.5 Å². The lowest BCUT2D eigenvalue weighted by Crippen LogP contribution is -2.05. The zero-order valence-electron chi connectivity index (χ0n) is 10.3. The van der Waals surface area contributed by atoms with E-state index in [9.17, 15) is 9.90 Å². The summed E-state index contributed by atoms with van der Waals surface area (Å²) in [5.74, 6) is -0.264. The fourth-order valence-corrected chi connectivity index (χ4v) is 2.53. The molecule has 0 radical (unpaired) electrons. The monoisotopic (exact) mass is 291 g/mol. The standard InChI is InChI=1S/C11H9N5O3S/c1-6-12-8(19-14-6)5-16-10(7-3-2-4-20-7)9(11(17)18)13-15-16/h2-4H,5H2,1H3,(H,17,18). The fraction of sp³-hybridized carbons (Fsp3) is 0.182. The van der Waals surface area contributed by atoms with Crippen LogP contribution in [0.2, 0.25) is 0 Å². The molecule has 0 spiro atoms. The Morgan fingerprint density at radius 1 is 1.55 bits per heavy atom. The number of aryl methyl sites for hydroxylation is 1. The van der Waals surface area contributed by atoms with E-state index in [4.69, 9.17) is 4.52 Å². The molecule has 102 valence electrons. The van der Waals surface area contributed by atoms with E-state index < -0.39 is 5.97 Å². The van der Waals surface area contributed by atoms with Crippen molar-refractivity contribution in [3.8, 4) is 10.6 Å². The van der Waals surface area contributed by atoms with Gasteiger partial charge in [-0.15, -0.1) is 16.4 Å². The summed E-state index contributed by atoms with van der Waals surface area (Å²) in [6, 6.07) is 3.64. The second-order valence-electron chi connectivity index (χ2n) is 3.96. The average molecular weight is 291 g/mol. The molecule has 0 aliphatic heterocycles. The molecule has 0 amide bonds. The number of aromatic nitrogens is 5. The summed E-state index contributed by atoms with van der Waals surface area (Å²) < 4.78 is 6.46. The molecule has 0 fully saturated rings. The number of thiophene rings is 1. The lowest BCUT2D eigenvalue weighted by atomic mass is 10.2. The molecule has 0 bridgehead atoms. The van der Waals surface area contributed by atoms with E-state index in [1.165, 1.54) is 16.0 Å². The number of carboxylic acid groups (broad SMARTS) is 1. The molecule has 0 saturated carbocycles. The predicted octanol–water partition coefficient (Wildman–Crippen LogP) is 1.44. The van der Waals surface area contributed by atoms with Crippen molar-refractivity contribution in [3.63, 3.8) is 0 Å². The van der Waals surface area contributed by atoms with Gasteiger partial charge in [-0.3, -0.25) is 0 Å². The summed E-state index contributed by atoms with van der Waals surface area (Å²) >= 11 is 1.41. The number of nitrogens with zero attached hydrogens (tertiary/aromatic N) is 5. The molecule has 3 aromatic heterocycles. The topological polar surface area (TPSA) is 107 Å². The highest BCUT2D eigenvalue weighted by molar-refractivity contribution is 7.13. The Hall–Kier alpha value is -2.55. The van der Waals surface area contributed by atoms with Crippen LogP contribution in [0.1, 0.15) is 22.2 Å². The van der Waals surface area contributed by atoms with Crippen molar-refractivity contribution in [2.24, 2.45) is 0 Å². The van der Waals surface area contributed by atoms with E-state index in [2.05, 4.69) is 20.5 Å². The van der Waals surface area contributed by atoms with Crippen LogP contribution >= 0.6 is 11.3 Å². The Bertz CT molecular complexity index is 746. The summed E-state index contributed by atoms with van der Waals surface area (Å²) in [6.07, 6.45) is 0. The first kappa shape index (κ1) is 12.5. The minimum atomic E-state index is -1.12. The lowest BCUT2D eigenvalue weighted by molar-refractivity contribution is 0.0691. The van der Waals surface area contributed by atoms with E-state index in [-0.39, 0.29) is 12.2 Å². The molecule has 0 unspecified atom stereocenters. The van der Waals surface area contributed by atoms with Crippen LogP contribution < -0.4 is 0 Å². The molecule has 3 heterocycles. The number of carbonyl (C=O) groups is 1. The maximum Gasteiger partial charge on any atom is 0.358 e. The zero-order chi connectivity index (χ0) is 14.1. The third-order valence-electron chi connectivity index (χ3n) is 2.55. The minimum Gasteiger partial charge on any atom is -0.476 e. The molecule has 3 rings (SSSR count). The summed E-state index contributed by atoms with van der Waals surface area (Å²) in [7, 11) is 0. The number of hydrogen-bond donors (Lipinski definition) is 1. The molecule has 8 nitrogen and oxygen atoms in total. The van der Waals surface area contributed by atoms with Crippen molar-refractivity contribution in [3.05, 3.63) is 34.9 Å². The molecule has 1 N–H and O–H groups in total. The number of hydrogen-bond acceptors (Lipinski definition) is 7. The van der Waals surface area contributed by atoms with E-state index >= 15 is 0 Å². The Balaban J connectivity index is 2.05. The van der Waals surface area contributed by atoms with Gasteiger partial charge in [-0.1, -0.05) is 16.4 Å². The smallest absolute Gasteiger partial charge is 0.358 e. The molecule has 0 saturated heterocycles. The number of aromatic carboxylic acids is 1. The fourth-order valence-electron chi connectivity index (χ4n) is 1.76. The van der Waals surface area contributed by atoms with Crippen molar-refractivity contribution in [1.82, 2.24) is 25.1 Å². The minimum absolute atomic E-state index is 0.0938. The maximum absolute atomic E-state index is 11.2. The van der Waals surface area contributed by atoms with Crippen LogP contribution in [0.25, 0.3) is 10.6 Å². The second kappa shape index (κ2) is 4.85. The van der Waals surface area contributed by atoms with E-state index in [0.29, 0.717) is 17.4 Å². The van der Waals surface area contributed by atoms with Gasteiger partial charge in [0.1, 0.15) is 12.2 Å². The first-order valence-corrected chi connectivity index (χ1v) is 6.53. The van der Waals surface area contributed by atoms with Crippen molar-refractivity contribution < 1.29 is 14.4 Å². The van der Waals surface area contributed by atoms with Crippen LogP contribution in [-0.2, 0) is 6.54 Å². The van der Waals surface area contributed by atoms with Crippen LogP contribution in [0.3, 0.4) is 0 Å². The van der Waals surface area contributed by atoms with Crippen molar-refractivity contribution in [1.29, 1.82) is 0 Å². The van der Waals surface area contributed by atoms with Gasteiger partial charge in [-0.05, 0) is 18.4 Å². The van der Waals surface area contributed by atoms with E-state index in [0.717, 1.165) is 4.88 Å². The summed E-state index contributed by atoms with van der Waals surface area (Å²) in [5.41, 5.74) is 0.340. The molecule has 9 heteroatoms. The van der Waals surface area contributed by atoms with Gasteiger partial charge in [0.05, 0.1) is 4.88 Å². The van der Waals surface area contributed by atoms with Crippen LogP contribution in [0.4, 0.5) is 0 Å². The Morgan fingerprint density at radius 3 is 3.00 bits per heavy atom.